The number of amides is 1. The Morgan fingerprint density at radius 1 is 1.13 bits per heavy atom. The number of benzene rings is 2. The van der Waals surface area contributed by atoms with E-state index in [1.807, 2.05) is 0 Å². The van der Waals surface area contributed by atoms with E-state index in [1.165, 1.54) is 12.1 Å². The molecule has 0 aromatic heterocycles. The van der Waals surface area contributed by atoms with Crippen molar-refractivity contribution in [1.82, 2.24) is 5.32 Å². The van der Waals surface area contributed by atoms with Crippen molar-refractivity contribution in [1.29, 1.82) is 0 Å². The van der Waals surface area contributed by atoms with Gasteiger partial charge in [0.25, 0.3) is 0 Å². The van der Waals surface area contributed by atoms with Crippen LogP contribution in [0.1, 0.15) is 37.3 Å². The zero-order chi connectivity index (χ0) is 21.9. The molecule has 1 aliphatic rings. The third kappa shape index (κ3) is 5.08. The fourth-order valence-electron chi connectivity index (χ4n) is 3.46. The highest BCUT2D eigenvalue weighted by atomic mass is 35.5. The lowest BCUT2D eigenvalue weighted by Gasteiger charge is -2.32. The van der Waals surface area contributed by atoms with E-state index >= 15 is 0 Å². The first-order chi connectivity index (χ1) is 14.2. The van der Waals surface area contributed by atoms with Gasteiger partial charge in [0.05, 0.1) is 11.0 Å². The summed E-state index contributed by atoms with van der Waals surface area (Å²) in [7, 11) is 0. The average Bonchev–Trinajstić information content (AvgIpc) is 2.67. The number of rotatable bonds is 6. The summed E-state index contributed by atoms with van der Waals surface area (Å²) in [6.45, 7) is 0. The summed E-state index contributed by atoms with van der Waals surface area (Å²) in [5.41, 5.74) is -0.125. The van der Waals surface area contributed by atoms with Gasteiger partial charge in [-0.05, 0) is 31.0 Å². The molecule has 1 saturated carbocycles. The molecule has 0 radical (unpaired) electrons. The summed E-state index contributed by atoms with van der Waals surface area (Å²) in [5.74, 6) is -5.46. The van der Waals surface area contributed by atoms with Crippen LogP contribution in [0.2, 0.25) is 5.02 Å². The van der Waals surface area contributed by atoms with Gasteiger partial charge in [0.15, 0.2) is 6.04 Å². The van der Waals surface area contributed by atoms with Crippen LogP contribution in [0.4, 0.5) is 23.2 Å². The van der Waals surface area contributed by atoms with E-state index in [-0.39, 0.29) is 42.0 Å². The highest BCUT2D eigenvalue weighted by molar-refractivity contribution is 6.31. The maximum Gasteiger partial charge on any atom is 0.249 e. The van der Waals surface area contributed by atoms with Gasteiger partial charge in [0, 0.05) is 35.5 Å². The number of alkyl halides is 2. The number of hydrogen-bond acceptors (Lipinski definition) is 3. The Balaban J connectivity index is 1.95. The van der Waals surface area contributed by atoms with Crippen LogP contribution in [0.15, 0.2) is 47.8 Å². The largest absolute Gasteiger partial charge is 0.351 e. The Labute approximate surface area is 175 Å². The molecule has 1 N–H and O–H groups in total. The van der Waals surface area contributed by atoms with Gasteiger partial charge in [-0.1, -0.05) is 29.8 Å². The molecule has 30 heavy (non-hydrogen) atoms. The van der Waals surface area contributed by atoms with E-state index in [0.29, 0.717) is 11.1 Å². The molecular weight excluding hydrogens is 426 g/mol. The van der Waals surface area contributed by atoms with Crippen LogP contribution in [0.3, 0.4) is 0 Å². The summed E-state index contributed by atoms with van der Waals surface area (Å²) >= 11 is 6.20. The van der Waals surface area contributed by atoms with Crippen molar-refractivity contribution in [3.8, 4) is 0 Å². The average molecular weight is 444 g/mol. The van der Waals surface area contributed by atoms with Crippen molar-refractivity contribution in [3.05, 3.63) is 69.6 Å². The first-order valence-corrected chi connectivity index (χ1v) is 9.59. The number of halogens is 5. The summed E-state index contributed by atoms with van der Waals surface area (Å²) in [6.07, 6.45) is -0.646. The molecule has 1 atom stereocenters. The molecule has 0 saturated heterocycles. The summed E-state index contributed by atoms with van der Waals surface area (Å²) in [5, 5.41) is 6.18. The smallest absolute Gasteiger partial charge is 0.249 e. The molecule has 2 aromatic rings. The van der Waals surface area contributed by atoms with Gasteiger partial charge in [-0.2, -0.15) is 0 Å². The molecule has 0 aliphatic heterocycles. The van der Waals surface area contributed by atoms with Crippen molar-refractivity contribution in [2.24, 2.45) is 5.29 Å². The molecule has 0 spiro atoms. The minimum absolute atomic E-state index is 0.0527. The molecule has 1 amide bonds. The molecule has 1 fully saturated rings. The van der Waals surface area contributed by atoms with Gasteiger partial charge in [-0.25, -0.2) is 22.6 Å². The van der Waals surface area contributed by atoms with Gasteiger partial charge in [-0.3, -0.25) is 4.79 Å². The third-order valence-electron chi connectivity index (χ3n) is 4.96. The predicted octanol–water partition coefficient (Wildman–Crippen LogP) is 5.54. The van der Waals surface area contributed by atoms with Crippen LogP contribution >= 0.6 is 11.6 Å². The molecule has 160 valence electrons. The Hall–Kier alpha value is -2.68. The second-order valence-electron chi connectivity index (χ2n) is 7.12. The molecule has 10 heteroatoms. The van der Waals surface area contributed by atoms with Crippen molar-refractivity contribution in [2.45, 2.75) is 43.7 Å². The minimum atomic E-state index is -2.78. The van der Waals surface area contributed by atoms with Gasteiger partial charge in [0.1, 0.15) is 11.6 Å². The zero-order valence-electron chi connectivity index (χ0n) is 15.6. The molecule has 1 aliphatic carbocycles. The minimum Gasteiger partial charge on any atom is -0.351 e. The number of anilines is 1. The lowest BCUT2D eigenvalue weighted by Crippen LogP contribution is -2.45. The molecular formula is C20H18ClF4N3O2. The predicted molar refractivity (Wildman–Crippen MR) is 104 cm³/mol. The van der Waals surface area contributed by atoms with E-state index < -0.39 is 35.5 Å². The van der Waals surface area contributed by atoms with Crippen LogP contribution < -0.4 is 10.3 Å². The SMILES string of the molecule is O=NN(c1cc(F)cc(F)c1)C(C(=O)NC1CCC(F)(F)CC1)c1ccccc1Cl. The number of carbonyl (C=O) groups excluding carboxylic acids is 1. The molecule has 5 nitrogen and oxygen atoms in total. The van der Waals surface area contributed by atoms with E-state index in [1.54, 1.807) is 12.1 Å². The zero-order valence-corrected chi connectivity index (χ0v) is 16.4. The topological polar surface area (TPSA) is 61.8 Å². The number of nitroso groups, excluding NO2 is 1. The highest BCUT2D eigenvalue weighted by Crippen LogP contribution is 2.35. The van der Waals surface area contributed by atoms with Gasteiger partial charge in [-0.15, -0.1) is 4.91 Å². The Morgan fingerprint density at radius 2 is 1.73 bits per heavy atom. The van der Waals surface area contributed by atoms with E-state index in [2.05, 4.69) is 10.6 Å². The molecule has 0 heterocycles. The van der Waals surface area contributed by atoms with E-state index in [9.17, 15) is 27.3 Å². The second-order valence-corrected chi connectivity index (χ2v) is 7.52. The quantitative estimate of drug-likeness (QED) is 0.362. The molecule has 0 bridgehead atoms. The van der Waals surface area contributed by atoms with E-state index in [4.69, 9.17) is 11.6 Å². The van der Waals surface area contributed by atoms with Crippen LogP contribution in [0.5, 0.6) is 0 Å². The first kappa shape index (κ1) is 22.0. The van der Waals surface area contributed by atoms with Gasteiger partial charge < -0.3 is 5.32 Å². The number of hydrogen-bond donors (Lipinski definition) is 1. The molecule has 2 aromatic carbocycles. The third-order valence-corrected chi connectivity index (χ3v) is 5.30. The van der Waals surface area contributed by atoms with Crippen LogP contribution in [-0.4, -0.2) is 17.9 Å². The Bertz CT molecular complexity index is 914. The first-order valence-electron chi connectivity index (χ1n) is 9.21. The summed E-state index contributed by atoms with van der Waals surface area (Å²) < 4.78 is 54.2. The normalized spacial score (nSPS) is 17.2. The maximum absolute atomic E-state index is 13.7. The van der Waals surface area contributed by atoms with Crippen molar-refractivity contribution < 1.29 is 22.4 Å². The van der Waals surface area contributed by atoms with Crippen molar-refractivity contribution in [2.75, 3.05) is 5.01 Å². The molecule has 3 rings (SSSR count). The number of nitrogens with zero attached hydrogens (tertiary/aromatic N) is 2. The van der Waals surface area contributed by atoms with Gasteiger partial charge in [0.2, 0.25) is 11.8 Å². The Morgan fingerprint density at radius 3 is 2.30 bits per heavy atom. The number of carbonyl (C=O) groups is 1. The van der Waals surface area contributed by atoms with Crippen molar-refractivity contribution >= 4 is 23.2 Å². The standard InChI is InChI=1S/C20H18ClF4N3O2/c21-17-4-2-1-3-16(17)18(19(29)26-14-5-7-20(24,25)8-6-14)28(27-30)15-10-12(22)9-13(23)11-15/h1-4,9-11,14,18H,5-8H2,(H,26,29). The Kier molecular flexibility index (Phi) is 6.60. The van der Waals surface area contributed by atoms with Crippen molar-refractivity contribution in [3.63, 3.8) is 0 Å². The summed E-state index contributed by atoms with van der Waals surface area (Å²) in [6, 6.07) is 6.43. The fraction of sp³-hybridized carbons (Fsp3) is 0.350. The van der Waals surface area contributed by atoms with Gasteiger partial charge >= 0.3 is 0 Å². The number of nitrogens with one attached hydrogen (secondary N) is 1. The fourth-order valence-corrected chi connectivity index (χ4v) is 3.70. The maximum atomic E-state index is 13.7. The van der Waals surface area contributed by atoms with Crippen LogP contribution in [0.25, 0.3) is 0 Å². The highest BCUT2D eigenvalue weighted by Gasteiger charge is 2.38. The van der Waals surface area contributed by atoms with Crippen LogP contribution in [-0.2, 0) is 4.79 Å². The van der Waals surface area contributed by atoms with E-state index in [0.717, 1.165) is 12.1 Å². The summed E-state index contributed by atoms with van der Waals surface area (Å²) in [4.78, 5) is 24.7. The van der Waals surface area contributed by atoms with Crippen LogP contribution in [0, 0.1) is 16.5 Å². The monoisotopic (exact) mass is 443 g/mol. The molecule has 1 unspecified atom stereocenters. The lowest BCUT2D eigenvalue weighted by atomic mass is 9.92. The lowest BCUT2D eigenvalue weighted by molar-refractivity contribution is -0.124. The second kappa shape index (κ2) is 8.99.